The van der Waals surface area contributed by atoms with Gasteiger partial charge in [-0.3, -0.25) is 9.97 Å². The van der Waals surface area contributed by atoms with Gasteiger partial charge in [-0.1, -0.05) is 57.2 Å². The summed E-state index contributed by atoms with van der Waals surface area (Å²) in [7, 11) is 0. The molecule has 0 bridgehead atoms. The number of hydrogen-bond donors (Lipinski definition) is 0. The average molecular weight is 288 g/mol. The van der Waals surface area contributed by atoms with E-state index in [1.165, 1.54) is 5.56 Å². The summed E-state index contributed by atoms with van der Waals surface area (Å²) < 4.78 is 0. The standard InChI is InChI=1S/C20H20N2/c1-20(2,3)17-11-12-19(22-14-17)16-9-7-15(8-10-16)18-6-4-5-13-21-18/h4-14H,1-3H3. The van der Waals surface area contributed by atoms with Crippen LogP contribution in [0.25, 0.3) is 22.5 Å². The fraction of sp³-hybridized carbons (Fsp3) is 0.200. The topological polar surface area (TPSA) is 25.8 Å². The Morgan fingerprint density at radius 1 is 0.682 bits per heavy atom. The van der Waals surface area contributed by atoms with E-state index in [1.807, 2.05) is 30.6 Å². The zero-order valence-corrected chi connectivity index (χ0v) is 13.2. The summed E-state index contributed by atoms with van der Waals surface area (Å²) in [6.07, 6.45) is 3.79. The second-order valence-electron chi connectivity index (χ2n) is 6.47. The molecule has 0 aliphatic carbocycles. The van der Waals surface area contributed by atoms with Gasteiger partial charge in [0.2, 0.25) is 0 Å². The lowest BCUT2D eigenvalue weighted by Gasteiger charge is -2.18. The lowest BCUT2D eigenvalue weighted by Crippen LogP contribution is -2.11. The molecule has 0 aliphatic heterocycles. The second-order valence-corrected chi connectivity index (χ2v) is 6.47. The van der Waals surface area contributed by atoms with E-state index < -0.39 is 0 Å². The first kappa shape index (κ1) is 14.5. The molecule has 0 atom stereocenters. The first-order valence-corrected chi connectivity index (χ1v) is 7.52. The van der Waals surface area contributed by atoms with Crippen LogP contribution in [0.15, 0.2) is 67.0 Å². The molecule has 0 radical (unpaired) electrons. The number of rotatable bonds is 2. The van der Waals surface area contributed by atoms with Gasteiger partial charge >= 0.3 is 0 Å². The lowest BCUT2D eigenvalue weighted by molar-refractivity contribution is 0.587. The van der Waals surface area contributed by atoms with Crippen LogP contribution in [0, 0.1) is 0 Å². The third-order valence-corrected chi connectivity index (χ3v) is 3.77. The van der Waals surface area contributed by atoms with Crippen molar-refractivity contribution in [3.05, 3.63) is 72.6 Å². The van der Waals surface area contributed by atoms with E-state index in [2.05, 4.69) is 67.1 Å². The Bertz CT molecular complexity index is 736. The molecule has 0 N–H and O–H groups in total. The predicted octanol–water partition coefficient (Wildman–Crippen LogP) is 5.11. The van der Waals surface area contributed by atoms with Crippen LogP contribution < -0.4 is 0 Å². The molecule has 2 heteroatoms. The van der Waals surface area contributed by atoms with Crippen LogP contribution in [0.2, 0.25) is 0 Å². The van der Waals surface area contributed by atoms with Gasteiger partial charge in [0.25, 0.3) is 0 Å². The molecule has 110 valence electrons. The molecule has 0 saturated carbocycles. The molecule has 0 fully saturated rings. The highest BCUT2D eigenvalue weighted by atomic mass is 14.7. The summed E-state index contributed by atoms with van der Waals surface area (Å²) in [4.78, 5) is 8.98. The summed E-state index contributed by atoms with van der Waals surface area (Å²) in [5.41, 5.74) is 5.62. The highest BCUT2D eigenvalue weighted by Crippen LogP contribution is 2.25. The van der Waals surface area contributed by atoms with Gasteiger partial charge in [-0.2, -0.15) is 0 Å². The summed E-state index contributed by atoms with van der Waals surface area (Å²) in [6, 6.07) is 18.6. The van der Waals surface area contributed by atoms with Crippen molar-refractivity contribution in [2.24, 2.45) is 0 Å². The van der Waals surface area contributed by atoms with E-state index in [0.29, 0.717) is 0 Å². The van der Waals surface area contributed by atoms with Gasteiger partial charge in [0.1, 0.15) is 0 Å². The number of benzene rings is 1. The molecular formula is C20H20N2. The highest BCUT2D eigenvalue weighted by Gasteiger charge is 2.13. The molecule has 2 nitrogen and oxygen atoms in total. The van der Waals surface area contributed by atoms with E-state index in [-0.39, 0.29) is 5.41 Å². The number of hydrogen-bond acceptors (Lipinski definition) is 2. The van der Waals surface area contributed by atoms with Crippen LogP contribution in [-0.4, -0.2) is 9.97 Å². The average Bonchev–Trinajstić information content (AvgIpc) is 2.55. The molecule has 0 aliphatic rings. The molecule has 0 spiro atoms. The van der Waals surface area contributed by atoms with Gasteiger partial charge in [-0.05, 0) is 29.2 Å². The minimum atomic E-state index is 0.133. The van der Waals surface area contributed by atoms with Crippen LogP contribution in [0.4, 0.5) is 0 Å². The Morgan fingerprint density at radius 2 is 1.32 bits per heavy atom. The molecule has 0 amide bonds. The van der Waals surface area contributed by atoms with Crippen molar-refractivity contribution in [1.82, 2.24) is 9.97 Å². The second kappa shape index (κ2) is 5.72. The van der Waals surface area contributed by atoms with Gasteiger partial charge in [0, 0.05) is 23.5 Å². The Labute approximate surface area is 131 Å². The van der Waals surface area contributed by atoms with E-state index in [1.54, 1.807) is 0 Å². The molecule has 0 unspecified atom stereocenters. The summed E-state index contributed by atoms with van der Waals surface area (Å²) in [5.74, 6) is 0. The molecule has 22 heavy (non-hydrogen) atoms. The SMILES string of the molecule is CC(C)(C)c1ccc(-c2ccc(-c3ccccn3)cc2)nc1. The Hall–Kier alpha value is -2.48. The van der Waals surface area contributed by atoms with Gasteiger partial charge in [0.15, 0.2) is 0 Å². The zero-order valence-electron chi connectivity index (χ0n) is 13.2. The van der Waals surface area contributed by atoms with E-state index in [0.717, 1.165) is 22.5 Å². The maximum atomic E-state index is 4.60. The van der Waals surface area contributed by atoms with E-state index in [9.17, 15) is 0 Å². The predicted molar refractivity (Wildman–Crippen MR) is 91.6 cm³/mol. The van der Waals surface area contributed by atoms with Crippen molar-refractivity contribution in [2.45, 2.75) is 26.2 Å². The molecule has 3 rings (SSSR count). The van der Waals surface area contributed by atoms with Crippen molar-refractivity contribution in [2.75, 3.05) is 0 Å². The van der Waals surface area contributed by atoms with Gasteiger partial charge in [-0.25, -0.2) is 0 Å². The van der Waals surface area contributed by atoms with Crippen LogP contribution in [0.1, 0.15) is 26.3 Å². The Balaban J connectivity index is 1.87. The fourth-order valence-corrected chi connectivity index (χ4v) is 2.35. The van der Waals surface area contributed by atoms with Crippen molar-refractivity contribution in [3.8, 4) is 22.5 Å². The molecule has 2 heterocycles. The van der Waals surface area contributed by atoms with Crippen molar-refractivity contribution < 1.29 is 0 Å². The van der Waals surface area contributed by atoms with Gasteiger partial charge in [-0.15, -0.1) is 0 Å². The number of nitrogens with zero attached hydrogens (tertiary/aromatic N) is 2. The normalized spacial score (nSPS) is 11.4. The number of pyridine rings is 2. The lowest BCUT2D eigenvalue weighted by atomic mass is 9.88. The van der Waals surface area contributed by atoms with E-state index in [4.69, 9.17) is 0 Å². The third-order valence-electron chi connectivity index (χ3n) is 3.77. The first-order chi connectivity index (χ1) is 10.5. The summed E-state index contributed by atoms with van der Waals surface area (Å²) in [6.45, 7) is 6.60. The molecule has 2 aromatic heterocycles. The van der Waals surface area contributed by atoms with Gasteiger partial charge < -0.3 is 0 Å². The van der Waals surface area contributed by atoms with Crippen LogP contribution in [0.3, 0.4) is 0 Å². The fourth-order valence-electron chi connectivity index (χ4n) is 2.35. The Kier molecular flexibility index (Phi) is 3.76. The van der Waals surface area contributed by atoms with Crippen molar-refractivity contribution in [3.63, 3.8) is 0 Å². The van der Waals surface area contributed by atoms with Crippen LogP contribution >= 0.6 is 0 Å². The Morgan fingerprint density at radius 3 is 1.77 bits per heavy atom. The monoisotopic (exact) mass is 288 g/mol. The summed E-state index contributed by atoms with van der Waals surface area (Å²) >= 11 is 0. The van der Waals surface area contributed by atoms with Crippen molar-refractivity contribution in [1.29, 1.82) is 0 Å². The highest BCUT2D eigenvalue weighted by molar-refractivity contribution is 5.66. The smallest absolute Gasteiger partial charge is 0.0702 e. The largest absolute Gasteiger partial charge is 0.256 e. The zero-order chi connectivity index (χ0) is 15.6. The van der Waals surface area contributed by atoms with Crippen LogP contribution in [-0.2, 0) is 5.41 Å². The van der Waals surface area contributed by atoms with Crippen LogP contribution in [0.5, 0.6) is 0 Å². The third kappa shape index (κ3) is 3.06. The molecular weight excluding hydrogens is 268 g/mol. The van der Waals surface area contributed by atoms with E-state index >= 15 is 0 Å². The first-order valence-electron chi connectivity index (χ1n) is 7.52. The minimum absolute atomic E-state index is 0.133. The maximum Gasteiger partial charge on any atom is 0.0702 e. The quantitative estimate of drug-likeness (QED) is 0.655. The molecule has 3 aromatic rings. The maximum absolute atomic E-state index is 4.60. The molecule has 1 aromatic carbocycles. The summed E-state index contributed by atoms with van der Waals surface area (Å²) in [5, 5.41) is 0. The minimum Gasteiger partial charge on any atom is -0.256 e. The van der Waals surface area contributed by atoms with Crippen molar-refractivity contribution >= 4 is 0 Å². The molecule has 0 saturated heterocycles. The number of aromatic nitrogens is 2. The van der Waals surface area contributed by atoms with Gasteiger partial charge in [0.05, 0.1) is 11.4 Å².